The summed E-state index contributed by atoms with van der Waals surface area (Å²) >= 11 is 0. The Balaban J connectivity index is 3.70. The Morgan fingerprint density at radius 3 is 2.67 bits per heavy atom. The SMILES string of the molecule is C=CCNCC(C)(C)CC(=O)O. The maximum atomic E-state index is 10.4. The lowest BCUT2D eigenvalue weighted by molar-refractivity contribution is -0.139. The molecule has 0 saturated carbocycles. The molecule has 0 aliphatic heterocycles. The second-order valence-corrected chi connectivity index (χ2v) is 3.65. The Bertz CT molecular complexity index is 164. The number of hydrogen-bond donors (Lipinski definition) is 2. The van der Waals surface area contributed by atoms with Gasteiger partial charge in [0.1, 0.15) is 0 Å². The minimum atomic E-state index is -0.750. The zero-order valence-corrected chi connectivity index (χ0v) is 7.76. The van der Waals surface area contributed by atoms with Gasteiger partial charge in [-0.3, -0.25) is 4.79 Å². The first kappa shape index (κ1) is 11.2. The van der Waals surface area contributed by atoms with E-state index in [1.807, 2.05) is 13.8 Å². The van der Waals surface area contributed by atoms with Gasteiger partial charge in [-0.2, -0.15) is 0 Å². The highest BCUT2D eigenvalue weighted by molar-refractivity contribution is 5.67. The van der Waals surface area contributed by atoms with Crippen LogP contribution in [-0.2, 0) is 4.79 Å². The van der Waals surface area contributed by atoms with Crippen molar-refractivity contribution >= 4 is 5.97 Å². The fourth-order valence-electron chi connectivity index (χ4n) is 0.985. The number of rotatable bonds is 6. The molecule has 2 N–H and O–H groups in total. The molecular weight excluding hydrogens is 154 g/mol. The molecule has 0 aliphatic rings. The molecule has 0 saturated heterocycles. The molecule has 0 spiro atoms. The van der Waals surface area contributed by atoms with Gasteiger partial charge in [0.25, 0.3) is 0 Å². The van der Waals surface area contributed by atoms with E-state index in [9.17, 15) is 4.79 Å². The minimum Gasteiger partial charge on any atom is -0.481 e. The van der Waals surface area contributed by atoms with Gasteiger partial charge in [-0.1, -0.05) is 19.9 Å². The maximum absolute atomic E-state index is 10.4. The van der Waals surface area contributed by atoms with Crippen molar-refractivity contribution < 1.29 is 9.90 Å². The zero-order valence-electron chi connectivity index (χ0n) is 7.76. The maximum Gasteiger partial charge on any atom is 0.303 e. The molecule has 0 heterocycles. The lowest BCUT2D eigenvalue weighted by Gasteiger charge is -2.22. The van der Waals surface area contributed by atoms with Gasteiger partial charge in [0.15, 0.2) is 0 Å². The molecule has 0 atom stereocenters. The summed E-state index contributed by atoms with van der Waals surface area (Å²) in [5.74, 6) is -0.750. The van der Waals surface area contributed by atoms with Gasteiger partial charge < -0.3 is 10.4 Å². The molecule has 0 amide bonds. The highest BCUT2D eigenvalue weighted by Gasteiger charge is 2.20. The Kier molecular flexibility index (Phi) is 4.59. The molecule has 12 heavy (non-hydrogen) atoms. The van der Waals surface area contributed by atoms with Crippen molar-refractivity contribution in [3.8, 4) is 0 Å². The van der Waals surface area contributed by atoms with Crippen LogP contribution in [0.4, 0.5) is 0 Å². The molecule has 0 aromatic rings. The third-order valence-electron chi connectivity index (χ3n) is 1.52. The van der Waals surface area contributed by atoms with Crippen LogP contribution in [0.2, 0.25) is 0 Å². The van der Waals surface area contributed by atoms with E-state index in [0.717, 1.165) is 6.54 Å². The first-order valence-electron chi connectivity index (χ1n) is 4.01. The predicted octanol–water partition coefficient (Wildman–Crippen LogP) is 1.26. The van der Waals surface area contributed by atoms with Crippen LogP contribution in [0.15, 0.2) is 12.7 Å². The molecule has 0 aromatic heterocycles. The summed E-state index contributed by atoms with van der Waals surface area (Å²) in [7, 11) is 0. The third-order valence-corrected chi connectivity index (χ3v) is 1.52. The van der Waals surface area contributed by atoms with Crippen molar-refractivity contribution in [3.63, 3.8) is 0 Å². The third kappa shape index (κ3) is 5.92. The van der Waals surface area contributed by atoms with Crippen LogP contribution in [0.1, 0.15) is 20.3 Å². The highest BCUT2D eigenvalue weighted by Crippen LogP contribution is 2.18. The average Bonchev–Trinajstić information content (AvgIpc) is 1.84. The Labute approximate surface area is 73.5 Å². The van der Waals surface area contributed by atoms with Crippen molar-refractivity contribution in [3.05, 3.63) is 12.7 Å². The number of aliphatic carboxylic acids is 1. The van der Waals surface area contributed by atoms with Gasteiger partial charge >= 0.3 is 5.97 Å². The molecule has 0 fully saturated rings. The van der Waals surface area contributed by atoms with E-state index in [4.69, 9.17) is 5.11 Å². The first-order valence-corrected chi connectivity index (χ1v) is 4.01. The molecule has 0 radical (unpaired) electrons. The summed E-state index contributed by atoms with van der Waals surface area (Å²) < 4.78 is 0. The standard InChI is InChI=1S/C9H17NO2/c1-4-5-10-7-9(2,3)6-8(11)12/h4,10H,1,5-7H2,2-3H3,(H,11,12). The number of carboxylic acid groups (broad SMARTS) is 1. The van der Waals surface area contributed by atoms with Gasteiger partial charge in [-0.25, -0.2) is 0 Å². The number of carboxylic acids is 1. The molecule has 0 aromatic carbocycles. The lowest BCUT2D eigenvalue weighted by Crippen LogP contribution is -2.31. The van der Waals surface area contributed by atoms with E-state index < -0.39 is 5.97 Å². The van der Waals surface area contributed by atoms with Gasteiger partial charge in [0.2, 0.25) is 0 Å². The van der Waals surface area contributed by atoms with Crippen molar-refractivity contribution in [1.82, 2.24) is 5.32 Å². The second-order valence-electron chi connectivity index (χ2n) is 3.65. The summed E-state index contributed by atoms with van der Waals surface area (Å²) in [5.41, 5.74) is -0.186. The second kappa shape index (κ2) is 4.93. The number of nitrogens with one attached hydrogen (secondary N) is 1. The summed E-state index contributed by atoms with van der Waals surface area (Å²) in [5, 5.41) is 11.7. The fourth-order valence-corrected chi connectivity index (χ4v) is 0.985. The number of hydrogen-bond acceptors (Lipinski definition) is 2. The minimum absolute atomic E-state index is 0.186. The molecular formula is C9H17NO2. The largest absolute Gasteiger partial charge is 0.481 e. The molecule has 3 nitrogen and oxygen atoms in total. The van der Waals surface area contributed by atoms with Crippen LogP contribution in [0, 0.1) is 5.41 Å². The van der Waals surface area contributed by atoms with Crippen molar-refractivity contribution in [2.24, 2.45) is 5.41 Å². The molecule has 0 rings (SSSR count). The summed E-state index contributed by atoms with van der Waals surface area (Å²) in [4.78, 5) is 10.4. The van der Waals surface area contributed by atoms with Gasteiger partial charge in [0, 0.05) is 13.1 Å². The van der Waals surface area contributed by atoms with Crippen LogP contribution in [0.5, 0.6) is 0 Å². The monoisotopic (exact) mass is 171 g/mol. The van der Waals surface area contributed by atoms with Crippen molar-refractivity contribution in [2.75, 3.05) is 13.1 Å². The zero-order chi connectivity index (χ0) is 9.61. The molecule has 3 heteroatoms. The topological polar surface area (TPSA) is 49.3 Å². The fraction of sp³-hybridized carbons (Fsp3) is 0.667. The van der Waals surface area contributed by atoms with Crippen LogP contribution >= 0.6 is 0 Å². The molecule has 70 valence electrons. The van der Waals surface area contributed by atoms with Gasteiger partial charge in [-0.15, -0.1) is 6.58 Å². The van der Waals surface area contributed by atoms with Gasteiger partial charge in [0.05, 0.1) is 6.42 Å². The van der Waals surface area contributed by atoms with Crippen molar-refractivity contribution in [2.45, 2.75) is 20.3 Å². The highest BCUT2D eigenvalue weighted by atomic mass is 16.4. The lowest BCUT2D eigenvalue weighted by atomic mass is 9.89. The van der Waals surface area contributed by atoms with Crippen LogP contribution < -0.4 is 5.32 Å². The van der Waals surface area contributed by atoms with E-state index in [1.54, 1.807) is 6.08 Å². The van der Waals surface area contributed by atoms with Crippen molar-refractivity contribution in [1.29, 1.82) is 0 Å². The quantitative estimate of drug-likeness (QED) is 0.467. The summed E-state index contributed by atoms with van der Waals surface area (Å²) in [6, 6.07) is 0. The van der Waals surface area contributed by atoms with Crippen LogP contribution in [-0.4, -0.2) is 24.2 Å². The Hall–Kier alpha value is -0.830. The van der Waals surface area contributed by atoms with E-state index in [0.29, 0.717) is 6.54 Å². The molecule has 0 unspecified atom stereocenters. The Morgan fingerprint density at radius 1 is 1.67 bits per heavy atom. The van der Waals surface area contributed by atoms with E-state index in [1.165, 1.54) is 0 Å². The van der Waals surface area contributed by atoms with Crippen LogP contribution in [0.3, 0.4) is 0 Å². The van der Waals surface area contributed by atoms with E-state index >= 15 is 0 Å². The Morgan fingerprint density at radius 2 is 2.25 bits per heavy atom. The molecule has 0 aliphatic carbocycles. The van der Waals surface area contributed by atoms with E-state index in [-0.39, 0.29) is 11.8 Å². The predicted molar refractivity (Wildman–Crippen MR) is 49.1 cm³/mol. The van der Waals surface area contributed by atoms with E-state index in [2.05, 4.69) is 11.9 Å². The molecule has 0 bridgehead atoms. The van der Waals surface area contributed by atoms with Crippen LogP contribution in [0.25, 0.3) is 0 Å². The smallest absolute Gasteiger partial charge is 0.303 e. The van der Waals surface area contributed by atoms with Gasteiger partial charge in [-0.05, 0) is 5.41 Å². The summed E-state index contributed by atoms with van der Waals surface area (Å²) in [6.45, 7) is 8.84. The summed E-state index contributed by atoms with van der Waals surface area (Å²) in [6.07, 6.45) is 1.95. The average molecular weight is 171 g/mol. The number of carbonyl (C=O) groups is 1. The first-order chi connectivity index (χ1) is 5.48. The normalized spacial score (nSPS) is 11.2.